The zero-order valence-electron chi connectivity index (χ0n) is 21.3. The van der Waals surface area contributed by atoms with Crippen LogP contribution in [0.4, 0.5) is 8.78 Å². The summed E-state index contributed by atoms with van der Waals surface area (Å²) in [6, 6.07) is 23.1. The molecule has 0 aliphatic carbocycles. The van der Waals surface area contributed by atoms with Gasteiger partial charge in [0, 0.05) is 11.0 Å². The minimum Gasteiger partial charge on any atom is -0.496 e. The largest absolute Gasteiger partial charge is 0.496 e. The minimum atomic E-state index is -1.72. The second-order valence-electron chi connectivity index (χ2n) is 7.39. The van der Waals surface area contributed by atoms with E-state index >= 15 is 0 Å². The summed E-state index contributed by atoms with van der Waals surface area (Å²) >= 11 is 3.35. The topological polar surface area (TPSA) is 77.4 Å². The Hall–Kier alpha value is -3.60. The number of rotatable bonds is 6. The lowest BCUT2D eigenvalue weighted by atomic mass is 9.80. The van der Waals surface area contributed by atoms with Crippen LogP contribution in [0.1, 0.15) is 7.43 Å². The summed E-state index contributed by atoms with van der Waals surface area (Å²) in [6.45, 7) is 0. The first kappa shape index (κ1) is 33.4. The van der Waals surface area contributed by atoms with Gasteiger partial charge < -0.3 is 29.0 Å². The number of ether oxygens (including phenoxy) is 4. The van der Waals surface area contributed by atoms with Crippen LogP contribution < -0.4 is 24.4 Å². The van der Waals surface area contributed by atoms with E-state index in [0.717, 1.165) is 16.0 Å². The third kappa shape index (κ3) is 9.28. The van der Waals surface area contributed by atoms with Gasteiger partial charge in [0.25, 0.3) is 0 Å². The standard InChI is InChI=1S/C14H13FO2.C8H9BrO2.C6H6BFO2.CH4/c1-16-12-8-5-9-13(17-2)14(12)10-6-3-4-7-11(10)15;1-10-6-4-3-5-7(11-2)8(6)9;8-6-4-2-1-3-5(6)7(9)10;/h3-9H,1-2H3;3-5H,1-2H3;1-4,9-10H;1H4. The predicted molar refractivity (Wildman–Crippen MR) is 155 cm³/mol. The molecule has 4 aromatic carbocycles. The van der Waals surface area contributed by atoms with Crippen LogP contribution in [0, 0.1) is 11.6 Å². The van der Waals surface area contributed by atoms with Crippen molar-refractivity contribution in [1.82, 2.24) is 0 Å². The van der Waals surface area contributed by atoms with Crippen molar-refractivity contribution in [2.45, 2.75) is 7.43 Å². The Labute approximate surface area is 237 Å². The van der Waals surface area contributed by atoms with Crippen LogP contribution in [0.15, 0.2) is 89.4 Å². The molecule has 10 heteroatoms. The quantitative estimate of drug-likeness (QED) is 0.258. The van der Waals surface area contributed by atoms with Crippen LogP contribution in [0.3, 0.4) is 0 Å². The van der Waals surface area contributed by atoms with Crippen LogP contribution in [0.5, 0.6) is 23.0 Å². The van der Waals surface area contributed by atoms with Gasteiger partial charge in [0.1, 0.15) is 39.1 Å². The molecule has 208 valence electrons. The highest BCUT2D eigenvalue weighted by Crippen LogP contribution is 2.39. The van der Waals surface area contributed by atoms with E-state index in [0.29, 0.717) is 22.6 Å². The third-order valence-electron chi connectivity index (χ3n) is 5.12. The van der Waals surface area contributed by atoms with Crippen molar-refractivity contribution in [1.29, 1.82) is 0 Å². The summed E-state index contributed by atoms with van der Waals surface area (Å²) in [7, 11) is 4.64. The summed E-state index contributed by atoms with van der Waals surface area (Å²) in [5.41, 5.74) is 1.01. The van der Waals surface area contributed by atoms with Gasteiger partial charge in [-0.3, -0.25) is 0 Å². The highest BCUT2D eigenvalue weighted by Gasteiger charge is 2.15. The maximum Gasteiger partial charge on any atom is 0.491 e. The fourth-order valence-corrected chi connectivity index (χ4v) is 3.86. The summed E-state index contributed by atoms with van der Waals surface area (Å²) < 4.78 is 47.8. The fraction of sp³-hybridized carbons (Fsp3) is 0.172. The first-order valence-corrected chi connectivity index (χ1v) is 12.0. The highest BCUT2D eigenvalue weighted by molar-refractivity contribution is 9.10. The molecule has 0 aromatic heterocycles. The van der Waals surface area contributed by atoms with Crippen LogP contribution in [0.25, 0.3) is 11.1 Å². The third-order valence-corrected chi connectivity index (χ3v) is 5.90. The molecule has 0 aliphatic rings. The maximum absolute atomic E-state index is 13.8. The summed E-state index contributed by atoms with van der Waals surface area (Å²) in [5.74, 6) is 1.85. The average molecular weight is 605 g/mol. The molecule has 0 spiro atoms. The van der Waals surface area contributed by atoms with Crippen LogP contribution in [-0.4, -0.2) is 45.6 Å². The van der Waals surface area contributed by atoms with E-state index in [1.165, 1.54) is 30.3 Å². The Morgan fingerprint density at radius 3 is 1.38 bits per heavy atom. The van der Waals surface area contributed by atoms with E-state index in [9.17, 15) is 8.78 Å². The van der Waals surface area contributed by atoms with E-state index < -0.39 is 12.9 Å². The van der Waals surface area contributed by atoms with Crippen molar-refractivity contribution < 1.29 is 37.8 Å². The van der Waals surface area contributed by atoms with Gasteiger partial charge in [0.15, 0.2) is 0 Å². The molecule has 2 N–H and O–H groups in total. The highest BCUT2D eigenvalue weighted by atomic mass is 79.9. The van der Waals surface area contributed by atoms with Gasteiger partial charge in [0.2, 0.25) is 0 Å². The van der Waals surface area contributed by atoms with Gasteiger partial charge in [0.05, 0.1) is 34.0 Å². The van der Waals surface area contributed by atoms with Crippen molar-refractivity contribution in [3.05, 3.63) is 101 Å². The number of hydrogen-bond acceptors (Lipinski definition) is 6. The molecule has 0 bridgehead atoms. The Bertz CT molecular complexity index is 1260. The van der Waals surface area contributed by atoms with Crippen molar-refractivity contribution in [2.75, 3.05) is 28.4 Å². The first-order chi connectivity index (χ1) is 18.3. The summed E-state index contributed by atoms with van der Waals surface area (Å²) in [6.07, 6.45) is 0. The summed E-state index contributed by atoms with van der Waals surface area (Å²) in [5, 5.41) is 17.0. The molecule has 4 aromatic rings. The molecule has 0 radical (unpaired) electrons. The van der Waals surface area contributed by atoms with Gasteiger partial charge >= 0.3 is 7.12 Å². The number of benzene rings is 4. The second kappa shape index (κ2) is 17.1. The molecule has 0 atom stereocenters. The predicted octanol–water partition coefficient (Wildman–Crippen LogP) is 6.12. The molecule has 0 unspecified atom stereocenters. The van der Waals surface area contributed by atoms with Gasteiger partial charge in [-0.05, 0) is 52.3 Å². The molecule has 0 saturated heterocycles. The molecule has 6 nitrogen and oxygen atoms in total. The summed E-state index contributed by atoms with van der Waals surface area (Å²) in [4.78, 5) is 0. The SMILES string of the molecule is C.COc1cccc(OC)c1-c1ccccc1F.COc1cccc(OC)c1Br.OB(O)c1ccccc1F. The molecule has 0 aliphatic heterocycles. The van der Waals surface area contributed by atoms with Crippen molar-refractivity contribution in [3.8, 4) is 34.1 Å². The number of hydrogen-bond donors (Lipinski definition) is 2. The zero-order valence-corrected chi connectivity index (χ0v) is 22.9. The van der Waals surface area contributed by atoms with Crippen molar-refractivity contribution in [2.24, 2.45) is 0 Å². The van der Waals surface area contributed by atoms with E-state index in [4.69, 9.17) is 29.0 Å². The molecule has 4 rings (SSSR count). The lowest BCUT2D eigenvalue weighted by Crippen LogP contribution is -2.32. The monoisotopic (exact) mass is 604 g/mol. The zero-order chi connectivity index (χ0) is 28.1. The van der Waals surface area contributed by atoms with E-state index in [1.807, 2.05) is 24.3 Å². The smallest absolute Gasteiger partial charge is 0.491 e. The Kier molecular flexibility index (Phi) is 14.6. The van der Waals surface area contributed by atoms with E-state index in [2.05, 4.69) is 15.9 Å². The van der Waals surface area contributed by atoms with E-state index in [-0.39, 0.29) is 18.7 Å². The molecule has 0 saturated carbocycles. The van der Waals surface area contributed by atoms with Gasteiger partial charge in [-0.2, -0.15) is 0 Å². The first-order valence-electron chi connectivity index (χ1n) is 11.2. The van der Waals surface area contributed by atoms with Gasteiger partial charge in [-0.25, -0.2) is 8.78 Å². The fourth-order valence-electron chi connectivity index (χ4n) is 3.27. The average Bonchev–Trinajstić information content (AvgIpc) is 2.94. The number of halogens is 3. The van der Waals surface area contributed by atoms with Crippen molar-refractivity contribution in [3.63, 3.8) is 0 Å². The van der Waals surface area contributed by atoms with Crippen LogP contribution >= 0.6 is 15.9 Å². The molecule has 39 heavy (non-hydrogen) atoms. The Balaban J connectivity index is 0.000000303. The lowest BCUT2D eigenvalue weighted by molar-refractivity contribution is 0.389. The minimum absolute atomic E-state index is 0. The lowest BCUT2D eigenvalue weighted by Gasteiger charge is -2.13. The molecule has 0 fully saturated rings. The Morgan fingerprint density at radius 2 is 1.00 bits per heavy atom. The van der Waals surface area contributed by atoms with Crippen LogP contribution in [-0.2, 0) is 0 Å². The molecular weight excluding hydrogens is 573 g/mol. The van der Waals surface area contributed by atoms with Crippen molar-refractivity contribution >= 4 is 28.5 Å². The number of methoxy groups -OCH3 is 4. The van der Waals surface area contributed by atoms with Gasteiger partial charge in [-0.15, -0.1) is 0 Å². The Morgan fingerprint density at radius 1 is 0.590 bits per heavy atom. The molecule has 0 amide bonds. The maximum atomic E-state index is 13.8. The molecule has 0 heterocycles. The van der Waals surface area contributed by atoms with E-state index in [1.54, 1.807) is 58.8 Å². The molecular formula is C29H32BBrF2O6. The normalized spacial score (nSPS) is 9.46. The van der Waals surface area contributed by atoms with Crippen LogP contribution in [0.2, 0.25) is 0 Å². The second-order valence-corrected chi connectivity index (χ2v) is 8.18. The van der Waals surface area contributed by atoms with Gasteiger partial charge in [-0.1, -0.05) is 56.0 Å².